The molecule has 0 aliphatic heterocycles. The Morgan fingerprint density at radius 3 is 2.83 bits per heavy atom. The first-order valence-corrected chi connectivity index (χ1v) is 9.28. The SMILES string of the molecule is Cc1cc(NC(=O)CN(C)C(=O)c2nn(-c3ccccc3F)c3c2CCC3)no1. The van der Waals surface area contributed by atoms with Crippen LogP contribution in [-0.4, -0.2) is 45.2 Å². The van der Waals surface area contributed by atoms with Gasteiger partial charge in [0.15, 0.2) is 11.5 Å². The fourth-order valence-corrected chi connectivity index (χ4v) is 3.51. The van der Waals surface area contributed by atoms with E-state index in [2.05, 4.69) is 15.6 Å². The van der Waals surface area contributed by atoms with Gasteiger partial charge in [-0.3, -0.25) is 9.59 Å². The van der Waals surface area contributed by atoms with Gasteiger partial charge in [-0.15, -0.1) is 0 Å². The third-order valence-electron chi connectivity index (χ3n) is 4.84. The Balaban J connectivity index is 1.55. The molecule has 0 atom stereocenters. The Morgan fingerprint density at radius 1 is 1.31 bits per heavy atom. The van der Waals surface area contributed by atoms with Crippen molar-refractivity contribution in [2.45, 2.75) is 26.2 Å². The monoisotopic (exact) mass is 397 g/mol. The van der Waals surface area contributed by atoms with Gasteiger partial charge >= 0.3 is 0 Å². The maximum Gasteiger partial charge on any atom is 0.274 e. The normalized spacial score (nSPS) is 12.7. The standard InChI is InChI=1S/C20H20FN5O3/c1-12-10-17(24-29-12)22-18(27)11-25(2)20(28)19-13-6-5-9-15(13)26(23-19)16-8-4-3-7-14(16)21/h3-4,7-8,10H,5-6,9,11H2,1-2H3,(H,22,24,27). The molecular weight excluding hydrogens is 377 g/mol. The van der Waals surface area contributed by atoms with E-state index in [4.69, 9.17) is 4.52 Å². The van der Waals surface area contributed by atoms with Gasteiger partial charge in [-0.2, -0.15) is 5.10 Å². The molecule has 9 heteroatoms. The molecule has 0 fully saturated rings. The van der Waals surface area contributed by atoms with Crippen LogP contribution in [0.4, 0.5) is 10.2 Å². The molecule has 29 heavy (non-hydrogen) atoms. The van der Waals surface area contributed by atoms with Crippen LogP contribution >= 0.6 is 0 Å². The van der Waals surface area contributed by atoms with Crippen molar-refractivity contribution in [3.8, 4) is 5.69 Å². The van der Waals surface area contributed by atoms with Crippen molar-refractivity contribution in [2.24, 2.45) is 0 Å². The average molecular weight is 397 g/mol. The maximum atomic E-state index is 14.3. The van der Waals surface area contributed by atoms with Gasteiger partial charge in [0.25, 0.3) is 5.91 Å². The maximum absolute atomic E-state index is 14.3. The van der Waals surface area contributed by atoms with E-state index in [-0.39, 0.29) is 24.0 Å². The average Bonchev–Trinajstić information content (AvgIpc) is 3.38. The minimum absolute atomic E-state index is 0.175. The molecular formula is C20H20FN5O3. The number of amides is 2. The minimum atomic E-state index is -0.403. The highest BCUT2D eigenvalue weighted by Gasteiger charge is 2.29. The summed E-state index contributed by atoms with van der Waals surface area (Å²) in [4.78, 5) is 26.5. The topological polar surface area (TPSA) is 93.3 Å². The first kappa shape index (κ1) is 18.9. The predicted molar refractivity (Wildman–Crippen MR) is 102 cm³/mol. The van der Waals surface area contributed by atoms with E-state index >= 15 is 0 Å². The first-order chi connectivity index (χ1) is 13.9. The summed E-state index contributed by atoms with van der Waals surface area (Å²) in [5.74, 6) is -0.333. The number of benzene rings is 1. The van der Waals surface area contributed by atoms with E-state index in [1.54, 1.807) is 31.2 Å². The number of halogens is 1. The number of para-hydroxylation sites is 1. The number of fused-ring (bicyclic) bond motifs is 1. The highest BCUT2D eigenvalue weighted by Crippen LogP contribution is 2.29. The summed E-state index contributed by atoms with van der Waals surface area (Å²) >= 11 is 0. The molecule has 8 nitrogen and oxygen atoms in total. The van der Waals surface area contributed by atoms with Crippen molar-refractivity contribution in [3.05, 3.63) is 58.9 Å². The Hall–Kier alpha value is -3.49. The van der Waals surface area contributed by atoms with Gasteiger partial charge in [-0.25, -0.2) is 9.07 Å². The molecule has 3 aromatic rings. The number of hydrogen-bond acceptors (Lipinski definition) is 5. The van der Waals surface area contributed by atoms with Crippen molar-refractivity contribution in [3.63, 3.8) is 0 Å². The summed E-state index contributed by atoms with van der Waals surface area (Å²) in [7, 11) is 1.53. The number of aryl methyl sites for hydroxylation is 1. The van der Waals surface area contributed by atoms with E-state index in [1.165, 1.54) is 22.7 Å². The van der Waals surface area contributed by atoms with Crippen molar-refractivity contribution < 1.29 is 18.5 Å². The lowest BCUT2D eigenvalue weighted by Crippen LogP contribution is -2.35. The molecule has 2 amide bonds. The van der Waals surface area contributed by atoms with E-state index < -0.39 is 11.7 Å². The molecule has 0 radical (unpaired) electrons. The van der Waals surface area contributed by atoms with Gasteiger partial charge in [-0.1, -0.05) is 17.3 Å². The van der Waals surface area contributed by atoms with Gasteiger partial charge in [0, 0.05) is 24.4 Å². The number of carbonyl (C=O) groups is 2. The smallest absolute Gasteiger partial charge is 0.274 e. The first-order valence-electron chi connectivity index (χ1n) is 9.28. The highest BCUT2D eigenvalue weighted by molar-refractivity contribution is 5.99. The Bertz CT molecular complexity index is 1090. The van der Waals surface area contributed by atoms with Crippen LogP contribution in [-0.2, 0) is 17.6 Å². The van der Waals surface area contributed by atoms with Crippen LogP contribution in [0.5, 0.6) is 0 Å². The summed E-state index contributed by atoms with van der Waals surface area (Å²) < 4.78 is 20.7. The highest BCUT2D eigenvalue weighted by atomic mass is 19.1. The quantitative estimate of drug-likeness (QED) is 0.714. The summed E-state index contributed by atoms with van der Waals surface area (Å²) in [5.41, 5.74) is 2.23. The lowest BCUT2D eigenvalue weighted by Gasteiger charge is -2.15. The second-order valence-electron chi connectivity index (χ2n) is 7.02. The number of nitrogens with zero attached hydrogens (tertiary/aromatic N) is 4. The van der Waals surface area contributed by atoms with Crippen LogP contribution in [0.15, 0.2) is 34.9 Å². The predicted octanol–water partition coefficient (Wildman–Crippen LogP) is 2.51. The summed E-state index contributed by atoms with van der Waals surface area (Å²) in [5, 5.41) is 10.7. The van der Waals surface area contributed by atoms with Crippen LogP contribution in [0.3, 0.4) is 0 Å². The molecule has 2 heterocycles. The molecule has 0 spiro atoms. The summed E-state index contributed by atoms with van der Waals surface area (Å²) in [6.45, 7) is 1.54. The molecule has 0 bridgehead atoms. The second-order valence-corrected chi connectivity index (χ2v) is 7.02. The van der Waals surface area contributed by atoms with E-state index in [9.17, 15) is 14.0 Å². The zero-order chi connectivity index (χ0) is 20.5. The van der Waals surface area contributed by atoms with Crippen LogP contribution in [0.2, 0.25) is 0 Å². The molecule has 4 rings (SSSR count). The number of likely N-dealkylation sites (N-methyl/N-ethyl adjacent to an activating group) is 1. The molecule has 150 valence electrons. The largest absolute Gasteiger partial charge is 0.360 e. The lowest BCUT2D eigenvalue weighted by molar-refractivity contribution is -0.116. The van der Waals surface area contributed by atoms with Gasteiger partial charge in [-0.05, 0) is 38.3 Å². The number of carbonyl (C=O) groups excluding carboxylic acids is 2. The fraction of sp³-hybridized carbons (Fsp3) is 0.300. The Kier molecular flexibility index (Phi) is 4.87. The van der Waals surface area contributed by atoms with Crippen LogP contribution in [0, 0.1) is 12.7 Å². The van der Waals surface area contributed by atoms with Crippen LogP contribution in [0.25, 0.3) is 5.69 Å². The summed E-state index contributed by atoms with van der Waals surface area (Å²) in [6.07, 6.45) is 2.29. The fourth-order valence-electron chi connectivity index (χ4n) is 3.51. The third kappa shape index (κ3) is 3.63. The van der Waals surface area contributed by atoms with E-state index in [1.807, 2.05) is 0 Å². The molecule has 0 unspecified atom stereocenters. The lowest BCUT2D eigenvalue weighted by atomic mass is 10.2. The second kappa shape index (κ2) is 7.50. The molecule has 0 saturated carbocycles. The third-order valence-corrected chi connectivity index (χ3v) is 4.84. The van der Waals surface area contributed by atoms with E-state index in [0.29, 0.717) is 17.9 Å². The van der Waals surface area contributed by atoms with Crippen molar-refractivity contribution in [1.29, 1.82) is 0 Å². The zero-order valence-corrected chi connectivity index (χ0v) is 16.1. The molecule has 1 N–H and O–H groups in total. The molecule has 1 aliphatic carbocycles. The van der Waals surface area contributed by atoms with Crippen LogP contribution < -0.4 is 5.32 Å². The van der Waals surface area contributed by atoms with Crippen molar-refractivity contribution in [1.82, 2.24) is 19.8 Å². The molecule has 2 aromatic heterocycles. The number of nitrogens with one attached hydrogen (secondary N) is 1. The van der Waals surface area contributed by atoms with Crippen molar-refractivity contribution in [2.75, 3.05) is 18.9 Å². The molecule has 1 aromatic carbocycles. The van der Waals surface area contributed by atoms with Crippen molar-refractivity contribution >= 4 is 17.6 Å². The molecule has 1 aliphatic rings. The van der Waals surface area contributed by atoms with E-state index in [0.717, 1.165) is 24.1 Å². The van der Waals surface area contributed by atoms with Gasteiger partial charge in [0.1, 0.15) is 17.3 Å². The van der Waals surface area contributed by atoms with Gasteiger partial charge in [0.05, 0.1) is 6.54 Å². The minimum Gasteiger partial charge on any atom is -0.360 e. The number of aromatic nitrogens is 3. The number of rotatable bonds is 5. The number of anilines is 1. The Labute approximate surface area is 166 Å². The van der Waals surface area contributed by atoms with Crippen LogP contribution in [0.1, 0.15) is 33.9 Å². The zero-order valence-electron chi connectivity index (χ0n) is 16.1. The Morgan fingerprint density at radius 2 is 2.10 bits per heavy atom. The number of hydrogen-bond donors (Lipinski definition) is 1. The van der Waals surface area contributed by atoms with Gasteiger partial charge < -0.3 is 14.7 Å². The molecule has 0 saturated heterocycles. The van der Waals surface area contributed by atoms with Gasteiger partial charge in [0.2, 0.25) is 5.91 Å². The summed E-state index contributed by atoms with van der Waals surface area (Å²) in [6, 6.07) is 7.92.